The number of fused-ring (bicyclic) bond motifs is 5. The van der Waals surface area contributed by atoms with Crippen LogP contribution >= 0.6 is 34.5 Å². The number of carbonyl (C=O) groups is 4. The van der Waals surface area contributed by atoms with Crippen molar-refractivity contribution in [2.45, 2.75) is 88.8 Å². The van der Waals surface area contributed by atoms with E-state index < -0.39 is 65.7 Å². The highest BCUT2D eigenvalue weighted by Crippen LogP contribution is 2.49. The number of anilines is 1. The molecular weight excluding hydrogens is 1030 g/mol. The molecule has 0 unspecified atom stereocenters. The number of halogens is 2. The number of aliphatic hydroxyl groups is 1. The number of methoxy groups -OCH3 is 2. The van der Waals surface area contributed by atoms with Gasteiger partial charge in [-0.1, -0.05) is 42.3 Å². The van der Waals surface area contributed by atoms with Gasteiger partial charge in [0, 0.05) is 55.9 Å². The van der Waals surface area contributed by atoms with Crippen LogP contribution in [0.3, 0.4) is 0 Å². The van der Waals surface area contributed by atoms with Crippen molar-refractivity contribution in [1.82, 2.24) is 19.7 Å². The van der Waals surface area contributed by atoms with Crippen LogP contribution in [0.25, 0.3) is 0 Å². The molecule has 3 amide bonds. The van der Waals surface area contributed by atoms with Gasteiger partial charge in [0.2, 0.25) is 11.8 Å². The number of nitrogens with one attached hydrogen (secondary N) is 4. The molecule has 68 heavy (non-hydrogen) atoms. The summed E-state index contributed by atoms with van der Waals surface area (Å²) in [4.78, 5) is 53.6. The van der Waals surface area contributed by atoms with Crippen LogP contribution in [0.1, 0.15) is 46.1 Å². The fourth-order valence-corrected chi connectivity index (χ4v) is 8.12. The molecule has 0 saturated carbocycles. The van der Waals surface area contributed by atoms with Crippen molar-refractivity contribution in [2.24, 2.45) is 5.92 Å². The summed E-state index contributed by atoms with van der Waals surface area (Å²) in [5.74, 6) is -1.45. The van der Waals surface area contributed by atoms with E-state index in [1.807, 2.05) is 35.9 Å². The Morgan fingerprint density at radius 2 is 1.62 bits per heavy atom. The largest absolute Gasteiger partial charge is 0.495 e. The zero-order valence-corrected chi connectivity index (χ0v) is 42.9. The van der Waals surface area contributed by atoms with Gasteiger partial charge in [0.05, 0.1) is 105 Å². The fraction of sp³-hybridized carbons (Fsp3) is 0.689. The van der Waals surface area contributed by atoms with E-state index in [4.69, 9.17) is 63.7 Å². The molecule has 2 fully saturated rings. The normalized spacial score (nSPS) is 26.9. The average molecular weight is 1100 g/mol. The first-order valence-corrected chi connectivity index (χ1v) is 24.0. The van der Waals surface area contributed by atoms with Crippen molar-refractivity contribution in [1.29, 1.82) is 0 Å². The standard InChI is InChI=1S/C45H69ClIN5O16/c1-29-9-8-10-36(59-7)45(57)27-35(66-43(56)50-45)30(2)41-44(4,68-41)37(26-39(54)52(5)33-24-32(23-29)25-34(58-6)40(33)46)67-42(55)31(3)65-22-21-64-20-19-63-18-17-62-16-15-61-14-13-60-12-11-48-38(53)28-49-51-47/h8-10,24-25,30-31,35-37,41,49,51,57H,11-23,26-28H2,1-7H3,(H,48,53)(H,50,56)/b10-8+,29-9+/t30-,31+,35+,36-,37+,41+,44+,45+/m1/s1. The van der Waals surface area contributed by atoms with Gasteiger partial charge in [-0.2, -0.15) is 3.64 Å². The van der Waals surface area contributed by atoms with E-state index >= 15 is 0 Å². The minimum Gasteiger partial charge on any atom is -0.495 e. The molecule has 4 rings (SSSR count). The van der Waals surface area contributed by atoms with E-state index in [2.05, 4.69) is 19.7 Å². The van der Waals surface area contributed by atoms with Crippen LogP contribution in [0.4, 0.5) is 10.5 Å². The molecule has 0 spiro atoms. The summed E-state index contributed by atoms with van der Waals surface area (Å²) in [7, 11) is 4.50. The summed E-state index contributed by atoms with van der Waals surface area (Å²) in [6, 6.07) is 3.59. The van der Waals surface area contributed by atoms with Gasteiger partial charge in [0.15, 0.2) is 11.8 Å². The van der Waals surface area contributed by atoms with Gasteiger partial charge in [-0.3, -0.25) is 14.9 Å². The second-order valence-corrected chi connectivity index (χ2v) is 17.5. The molecule has 5 N–H and O–H groups in total. The summed E-state index contributed by atoms with van der Waals surface area (Å²) < 4.78 is 65.2. The molecule has 0 aromatic heterocycles. The van der Waals surface area contributed by atoms with Gasteiger partial charge < -0.3 is 67.4 Å². The summed E-state index contributed by atoms with van der Waals surface area (Å²) in [5, 5.41) is 17.2. The van der Waals surface area contributed by atoms with E-state index in [1.54, 1.807) is 45.2 Å². The smallest absolute Gasteiger partial charge is 0.409 e. The average Bonchev–Trinajstić information content (AvgIpc) is 4.01. The molecule has 0 aliphatic carbocycles. The van der Waals surface area contributed by atoms with Crippen LogP contribution in [0.15, 0.2) is 35.9 Å². The summed E-state index contributed by atoms with van der Waals surface area (Å²) >= 11 is 8.67. The minimum atomic E-state index is -1.83. The van der Waals surface area contributed by atoms with Crippen LogP contribution in [-0.2, 0) is 68.2 Å². The predicted molar refractivity (Wildman–Crippen MR) is 256 cm³/mol. The number of esters is 1. The molecule has 3 heterocycles. The molecule has 384 valence electrons. The summed E-state index contributed by atoms with van der Waals surface area (Å²) in [6.07, 6.45) is -0.104. The number of rotatable bonds is 26. The molecule has 8 atom stereocenters. The maximum atomic E-state index is 14.2. The predicted octanol–water partition coefficient (Wildman–Crippen LogP) is 2.72. The minimum absolute atomic E-state index is 0.0541. The third kappa shape index (κ3) is 17.9. The van der Waals surface area contributed by atoms with Crippen LogP contribution in [0.5, 0.6) is 5.75 Å². The Kier molecular flexibility index (Phi) is 24.6. The van der Waals surface area contributed by atoms with Gasteiger partial charge in [-0.05, 0) is 44.9 Å². The topological polar surface area (TPSA) is 245 Å². The summed E-state index contributed by atoms with van der Waals surface area (Å²) in [5.41, 5.74) is 1.77. The van der Waals surface area contributed by atoms with Crippen LogP contribution in [-0.4, -0.2) is 178 Å². The molecule has 0 radical (unpaired) electrons. The van der Waals surface area contributed by atoms with Gasteiger partial charge in [0.1, 0.15) is 34.7 Å². The number of hydrogen-bond acceptors (Lipinski definition) is 18. The Morgan fingerprint density at radius 1 is 1.00 bits per heavy atom. The van der Waals surface area contributed by atoms with Gasteiger partial charge in [-0.15, -0.1) is 0 Å². The third-order valence-electron chi connectivity index (χ3n) is 11.5. The lowest BCUT2D eigenvalue weighted by Gasteiger charge is -2.42. The monoisotopic (exact) mass is 1100 g/mol. The molecular formula is C45H69ClIN5O16. The number of hydrazine groups is 1. The lowest BCUT2D eigenvalue weighted by molar-refractivity contribution is -0.166. The molecule has 21 nitrogen and oxygen atoms in total. The Balaban J connectivity index is 1.26. The SMILES string of the molecule is COc1cc2cc(c1Cl)N(C)C(=O)C[C@H](OC(=O)[C@H](C)OCCOCCOCCOCCOCCOCCNC(=O)CNNI)[C@]1(C)O[C@H]1[C@H](C)[C@@H]1C[C@@](O)(NC(=O)O1)[C@H](OC)/C=C/C=C(\C)C2. The van der Waals surface area contributed by atoms with Gasteiger partial charge in [0.25, 0.3) is 0 Å². The number of epoxide rings is 1. The second-order valence-electron chi connectivity index (χ2n) is 16.6. The van der Waals surface area contributed by atoms with Crippen molar-refractivity contribution in [3.05, 3.63) is 46.5 Å². The van der Waals surface area contributed by atoms with Crippen molar-refractivity contribution in [2.75, 3.05) is 112 Å². The molecule has 3 aliphatic heterocycles. The number of hydrogen-bond donors (Lipinski definition) is 5. The van der Waals surface area contributed by atoms with Gasteiger partial charge >= 0.3 is 12.1 Å². The Hall–Kier alpha value is -3.24. The third-order valence-corrected chi connectivity index (χ3v) is 12.3. The van der Waals surface area contributed by atoms with Crippen molar-refractivity contribution in [3.8, 4) is 5.75 Å². The molecule has 1 aromatic carbocycles. The van der Waals surface area contributed by atoms with E-state index in [0.29, 0.717) is 77.3 Å². The number of ether oxygens (including phenoxy) is 11. The molecule has 1 aromatic rings. The maximum Gasteiger partial charge on any atom is 0.409 e. The highest BCUT2D eigenvalue weighted by molar-refractivity contribution is 14.1. The number of alkyl carbamates (subject to hydrolysis) is 1. The van der Waals surface area contributed by atoms with Crippen molar-refractivity contribution in [3.63, 3.8) is 0 Å². The number of amides is 3. The maximum absolute atomic E-state index is 14.2. The van der Waals surface area contributed by atoms with Crippen LogP contribution < -0.4 is 29.3 Å². The number of benzene rings is 1. The first-order valence-electron chi connectivity index (χ1n) is 22.5. The van der Waals surface area contributed by atoms with Gasteiger partial charge in [-0.25, -0.2) is 15.0 Å². The number of carbonyl (C=O) groups excluding carboxylic acids is 4. The first kappa shape index (κ1) is 57.3. The zero-order chi connectivity index (χ0) is 49.7. The van der Waals surface area contributed by atoms with Crippen LogP contribution in [0.2, 0.25) is 5.02 Å². The number of nitrogens with zero attached hydrogens (tertiary/aromatic N) is 1. The fourth-order valence-electron chi connectivity index (χ4n) is 7.61. The Labute approximate surface area is 417 Å². The number of allylic oxidation sites excluding steroid dienone is 3. The lowest BCUT2D eigenvalue weighted by Crippen LogP contribution is -2.63. The molecule has 3 aliphatic rings. The Bertz CT molecular complexity index is 1850. The Morgan fingerprint density at radius 3 is 2.22 bits per heavy atom. The van der Waals surface area contributed by atoms with E-state index in [-0.39, 0.29) is 50.1 Å². The molecule has 4 bridgehead atoms. The second kappa shape index (κ2) is 29.2. The van der Waals surface area contributed by atoms with Crippen molar-refractivity contribution < 1.29 is 76.4 Å². The van der Waals surface area contributed by atoms with Crippen molar-refractivity contribution >= 4 is 64.0 Å². The molecule has 2 saturated heterocycles. The van der Waals surface area contributed by atoms with E-state index in [1.165, 1.54) is 26.0 Å². The van der Waals surface area contributed by atoms with Crippen LogP contribution in [0, 0.1) is 5.92 Å². The zero-order valence-electron chi connectivity index (χ0n) is 39.9. The highest BCUT2D eigenvalue weighted by Gasteiger charge is 2.64. The summed E-state index contributed by atoms with van der Waals surface area (Å²) in [6.45, 7) is 11.2. The van der Waals surface area contributed by atoms with E-state index in [0.717, 1.165) is 11.1 Å². The van der Waals surface area contributed by atoms with E-state index in [9.17, 15) is 24.3 Å². The quantitative estimate of drug-likeness (QED) is 0.0224. The highest BCUT2D eigenvalue weighted by atomic mass is 127. The molecule has 23 heteroatoms. The first-order chi connectivity index (χ1) is 32.6. The lowest BCUT2D eigenvalue weighted by atomic mass is 9.83.